The standard InChI is InChI=1S/C24H26ClN3O/c1-2-27(17-18-9-5-3-6-10-18)23-20-15-19(25)11-12-22(20)26-16-21(23)24(29)28-13-7-4-8-14-28/h3,5-6,9-12,15-16H,2,4,7-8,13-14,17H2,1H3. The molecule has 0 bridgehead atoms. The Bertz CT molecular complexity index is 1000. The molecule has 3 aromatic rings. The summed E-state index contributed by atoms with van der Waals surface area (Å²) >= 11 is 6.34. The number of halogens is 1. The predicted molar refractivity (Wildman–Crippen MR) is 120 cm³/mol. The highest BCUT2D eigenvalue weighted by Gasteiger charge is 2.25. The van der Waals surface area contributed by atoms with Crippen molar-refractivity contribution >= 4 is 34.1 Å². The Morgan fingerprint density at radius 2 is 1.86 bits per heavy atom. The van der Waals surface area contributed by atoms with Crippen LogP contribution in [0.15, 0.2) is 54.7 Å². The monoisotopic (exact) mass is 407 g/mol. The molecular formula is C24H26ClN3O. The third-order valence-corrected chi connectivity index (χ3v) is 5.82. The Balaban J connectivity index is 1.83. The number of rotatable bonds is 5. The number of amides is 1. The second-order valence-electron chi connectivity index (χ2n) is 7.53. The molecule has 0 atom stereocenters. The summed E-state index contributed by atoms with van der Waals surface area (Å²) in [5, 5.41) is 1.58. The van der Waals surface area contributed by atoms with Crippen LogP contribution in [0.1, 0.15) is 42.1 Å². The normalized spacial score (nSPS) is 14.2. The number of aromatic nitrogens is 1. The predicted octanol–water partition coefficient (Wildman–Crippen LogP) is 5.54. The molecule has 1 amide bonds. The van der Waals surface area contributed by atoms with Crippen molar-refractivity contribution in [1.82, 2.24) is 9.88 Å². The van der Waals surface area contributed by atoms with Gasteiger partial charge in [-0.3, -0.25) is 9.78 Å². The highest BCUT2D eigenvalue weighted by atomic mass is 35.5. The molecule has 5 heteroatoms. The van der Waals surface area contributed by atoms with E-state index >= 15 is 0 Å². The first-order valence-electron chi connectivity index (χ1n) is 10.3. The highest BCUT2D eigenvalue weighted by Crippen LogP contribution is 2.33. The molecule has 2 heterocycles. The van der Waals surface area contributed by atoms with Crippen LogP contribution in [0.3, 0.4) is 0 Å². The summed E-state index contributed by atoms with van der Waals surface area (Å²) in [6.07, 6.45) is 5.07. The lowest BCUT2D eigenvalue weighted by Crippen LogP contribution is -2.37. The van der Waals surface area contributed by atoms with Crippen molar-refractivity contribution in [2.75, 3.05) is 24.5 Å². The Kier molecular flexibility index (Phi) is 6.00. The van der Waals surface area contributed by atoms with E-state index in [1.165, 1.54) is 12.0 Å². The van der Waals surface area contributed by atoms with Crippen molar-refractivity contribution in [1.29, 1.82) is 0 Å². The van der Waals surface area contributed by atoms with Gasteiger partial charge in [0, 0.05) is 42.8 Å². The second-order valence-corrected chi connectivity index (χ2v) is 7.97. The number of likely N-dealkylation sites (tertiary alicyclic amines) is 1. The number of piperidine rings is 1. The topological polar surface area (TPSA) is 36.4 Å². The minimum absolute atomic E-state index is 0.0700. The molecule has 1 aliphatic rings. The van der Waals surface area contributed by atoms with Crippen molar-refractivity contribution in [3.05, 3.63) is 70.9 Å². The average Bonchev–Trinajstić information content (AvgIpc) is 2.77. The minimum atomic E-state index is 0.0700. The maximum atomic E-state index is 13.4. The molecular weight excluding hydrogens is 382 g/mol. The van der Waals surface area contributed by atoms with Crippen LogP contribution in [-0.4, -0.2) is 35.4 Å². The lowest BCUT2D eigenvalue weighted by molar-refractivity contribution is 0.0724. The van der Waals surface area contributed by atoms with Gasteiger partial charge in [-0.2, -0.15) is 0 Å². The second kappa shape index (κ2) is 8.83. The van der Waals surface area contributed by atoms with Gasteiger partial charge in [-0.1, -0.05) is 41.9 Å². The molecule has 1 saturated heterocycles. The summed E-state index contributed by atoms with van der Waals surface area (Å²) in [5.74, 6) is 0.0700. The minimum Gasteiger partial charge on any atom is -0.366 e. The Morgan fingerprint density at radius 3 is 2.59 bits per heavy atom. The maximum Gasteiger partial charge on any atom is 0.257 e. The fourth-order valence-corrected chi connectivity index (χ4v) is 4.24. The lowest BCUT2D eigenvalue weighted by Gasteiger charge is -2.31. The van der Waals surface area contributed by atoms with Gasteiger partial charge in [0.05, 0.1) is 16.8 Å². The van der Waals surface area contributed by atoms with Gasteiger partial charge in [-0.15, -0.1) is 0 Å². The van der Waals surface area contributed by atoms with Crippen LogP contribution in [0.5, 0.6) is 0 Å². The van der Waals surface area contributed by atoms with Crippen molar-refractivity contribution in [2.24, 2.45) is 0 Å². The van der Waals surface area contributed by atoms with Gasteiger partial charge in [0.1, 0.15) is 0 Å². The first kappa shape index (κ1) is 19.7. The van der Waals surface area contributed by atoms with Crippen molar-refractivity contribution < 1.29 is 4.79 Å². The first-order chi connectivity index (χ1) is 14.2. The van der Waals surface area contributed by atoms with E-state index < -0.39 is 0 Å². The van der Waals surface area contributed by atoms with E-state index in [2.05, 4.69) is 28.9 Å². The van der Waals surface area contributed by atoms with E-state index in [1.807, 2.05) is 41.3 Å². The summed E-state index contributed by atoms with van der Waals surface area (Å²) in [4.78, 5) is 22.3. The van der Waals surface area contributed by atoms with Gasteiger partial charge in [0.15, 0.2) is 0 Å². The zero-order chi connectivity index (χ0) is 20.2. The molecule has 0 saturated carbocycles. The van der Waals surface area contributed by atoms with Crippen LogP contribution in [0.25, 0.3) is 10.9 Å². The highest BCUT2D eigenvalue weighted by molar-refractivity contribution is 6.31. The molecule has 29 heavy (non-hydrogen) atoms. The summed E-state index contributed by atoms with van der Waals surface area (Å²) < 4.78 is 0. The summed E-state index contributed by atoms with van der Waals surface area (Å²) in [5.41, 5.74) is 3.66. The summed E-state index contributed by atoms with van der Waals surface area (Å²) in [6.45, 7) is 5.26. The lowest BCUT2D eigenvalue weighted by atomic mass is 10.0. The molecule has 1 aliphatic heterocycles. The zero-order valence-electron chi connectivity index (χ0n) is 16.8. The van der Waals surface area contributed by atoms with Crippen molar-refractivity contribution in [3.63, 3.8) is 0 Å². The van der Waals surface area contributed by atoms with Gasteiger partial charge in [0.25, 0.3) is 5.91 Å². The van der Waals surface area contributed by atoms with E-state index in [0.717, 1.165) is 55.6 Å². The molecule has 1 fully saturated rings. The SMILES string of the molecule is CCN(Cc1ccccc1)c1c(C(=O)N2CCCCC2)cnc2ccc(Cl)cc12. The van der Waals surface area contributed by atoms with E-state index in [1.54, 1.807) is 6.20 Å². The number of hydrogen-bond donors (Lipinski definition) is 0. The van der Waals surface area contributed by atoms with E-state index in [4.69, 9.17) is 11.6 Å². The number of nitrogens with zero attached hydrogens (tertiary/aromatic N) is 3. The molecule has 0 radical (unpaired) electrons. The van der Waals surface area contributed by atoms with Crippen LogP contribution >= 0.6 is 11.6 Å². The van der Waals surface area contributed by atoms with E-state index in [9.17, 15) is 4.79 Å². The van der Waals surface area contributed by atoms with Gasteiger partial charge < -0.3 is 9.80 Å². The number of hydrogen-bond acceptors (Lipinski definition) is 3. The van der Waals surface area contributed by atoms with Gasteiger partial charge in [-0.25, -0.2) is 0 Å². The molecule has 4 rings (SSSR count). The molecule has 0 N–H and O–H groups in total. The van der Waals surface area contributed by atoms with Gasteiger partial charge >= 0.3 is 0 Å². The van der Waals surface area contributed by atoms with Crippen LogP contribution in [-0.2, 0) is 6.54 Å². The van der Waals surface area contributed by atoms with Crippen LogP contribution < -0.4 is 4.90 Å². The summed E-state index contributed by atoms with van der Waals surface area (Å²) in [6, 6.07) is 16.0. The number of fused-ring (bicyclic) bond motifs is 1. The van der Waals surface area contributed by atoms with E-state index in [-0.39, 0.29) is 5.91 Å². The third kappa shape index (κ3) is 4.23. The van der Waals surface area contributed by atoms with Gasteiger partial charge in [0.2, 0.25) is 0 Å². The smallest absolute Gasteiger partial charge is 0.257 e. The van der Waals surface area contributed by atoms with E-state index in [0.29, 0.717) is 10.6 Å². The zero-order valence-corrected chi connectivity index (χ0v) is 17.5. The first-order valence-corrected chi connectivity index (χ1v) is 10.7. The van der Waals surface area contributed by atoms with Gasteiger partial charge in [-0.05, 0) is 49.9 Å². The molecule has 0 aliphatic carbocycles. The van der Waals surface area contributed by atoms with Crippen LogP contribution in [0, 0.1) is 0 Å². The molecule has 0 spiro atoms. The quantitative estimate of drug-likeness (QED) is 0.557. The third-order valence-electron chi connectivity index (χ3n) is 5.59. The molecule has 1 aromatic heterocycles. The molecule has 4 nitrogen and oxygen atoms in total. The fourth-order valence-electron chi connectivity index (χ4n) is 4.07. The van der Waals surface area contributed by atoms with Crippen molar-refractivity contribution in [2.45, 2.75) is 32.7 Å². The number of carbonyl (C=O) groups excluding carboxylic acids is 1. The number of pyridine rings is 1. The van der Waals surface area contributed by atoms with Crippen LogP contribution in [0.4, 0.5) is 5.69 Å². The summed E-state index contributed by atoms with van der Waals surface area (Å²) in [7, 11) is 0. The Hall–Kier alpha value is -2.59. The average molecular weight is 408 g/mol. The Labute approximate surface area is 177 Å². The molecule has 0 unspecified atom stereocenters. The number of carbonyl (C=O) groups is 1. The number of benzene rings is 2. The molecule has 150 valence electrons. The number of anilines is 1. The van der Waals surface area contributed by atoms with Crippen molar-refractivity contribution in [3.8, 4) is 0 Å². The largest absolute Gasteiger partial charge is 0.366 e. The Morgan fingerprint density at radius 1 is 1.10 bits per heavy atom. The van der Waals surface area contributed by atoms with Crippen LogP contribution in [0.2, 0.25) is 5.02 Å². The maximum absolute atomic E-state index is 13.4. The fraction of sp³-hybridized carbons (Fsp3) is 0.333. The molecule has 2 aromatic carbocycles.